The third kappa shape index (κ3) is 5.44. The standard InChI is InChI=1S/C19H26NO3S/c1-5-21-19(22-6-2)13-23-17-10-7-16(8-11-17)9-12-18-20(4)15(3)14-24-18/h7-12,14,19H,5-6,13H2,1-4H3/q+1/b12-9+. The van der Waals surface area contributed by atoms with Gasteiger partial charge in [-0.05, 0) is 37.6 Å². The van der Waals surface area contributed by atoms with Crippen LogP contribution in [0, 0.1) is 6.92 Å². The molecule has 0 fully saturated rings. The van der Waals surface area contributed by atoms with Crippen molar-refractivity contribution in [1.29, 1.82) is 0 Å². The van der Waals surface area contributed by atoms with E-state index in [-0.39, 0.29) is 6.29 Å². The maximum atomic E-state index is 5.74. The van der Waals surface area contributed by atoms with E-state index in [4.69, 9.17) is 14.2 Å². The first-order valence-corrected chi connectivity index (χ1v) is 9.10. The van der Waals surface area contributed by atoms with E-state index in [9.17, 15) is 0 Å². The first-order valence-electron chi connectivity index (χ1n) is 8.22. The Morgan fingerprint density at radius 2 is 1.75 bits per heavy atom. The van der Waals surface area contributed by atoms with Crippen LogP contribution in [0.3, 0.4) is 0 Å². The molecule has 5 heteroatoms. The lowest BCUT2D eigenvalue weighted by atomic mass is 10.2. The van der Waals surface area contributed by atoms with Gasteiger partial charge in [-0.1, -0.05) is 23.5 Å². The zero-order valence-electron chi connectivity index (χ0n) is 14.8. The number of nitrogens with zero attached hydrogens (tertiary/aromatic N) is 1. The van der Waals surface area contributed by atoms with Crippen molar-refractivity contribution in [2.75, 3.05) is 19.8 Å². The highest BCUT2D eigenvalue weighted by molar-refractivity contribution is 7.10. The van der Waals surface area contributed by atoms with Crippen LogP contribution in [0.25, 0.3) is 12.2 Å². The van der Waals surface area contributed by atoms with Crippen molar-refractivity contribution < 1.29 is 18.8 Å². The molecule has 0 aliphatic rings. The SMILES string of the molecule is CCOC(COc1ccc(/C=C/c2scc(C)[n+]2C)cc1)OCC. The Hall–Kier alpha value is -1.69. The van der Waals surface area contributed by atoms with Gasteiger partial charge in [0, 0.05) is 26.2 Å². The second-order valence-electron chi connectivity index (χ2n) is 5.33. The van der Waals surface area contributed by atoms with Gasteiger partial charge in [0.1, 0.15) is 19.4 Å². The fourth-order valence-electron chi connectivity index (χ4n) is 2.15. The van der Waals surface area contributed by atoms with Crippen LogP contribution in [0.2, 0.25) is 0 Å². The monoisotopic (exact) mass is 348 g/mol. The maximum Gasteiger partial charge on any atom is 0.261 e. The van der Waals surface area contributed by atoms with Crippen LogP contribution in [0.15, 0.2) is 29.6 Å². The predicted molar refractivity (Wildman–Crippen MR) is 98.1 cm³/mol. The highest BCUT2D eigenvalue weighted by Gasteiger charge is 2.09. The molecule has 1 aromatic heterocycles. The molecule has 0 unspecified atom stereocenters. The van der Waals surface area contributed by atoms with Gasteiger partial charge in [-0.15, -0.1) is 0 Å². The molecule has 2 aromatic rings. The number of aryl methyl sites for hydroxylation is 1. The summed E-state index contributed by atoms with van der Waals surface area (Å²) in [7, 11) is 2.08. The van der Waals surface area contributed by atoms with Crippen LogP contribution in [-0.2, 0) is 16.5 Å². The number of aromatic nitrogens is 1. The van der Waals surface area contributed by atoms with E-state index in [0.29, 0.717) is 19.8 Å². The smallest absolute Gasteiger partial charge is 0.261 e. The summed E-state index contributed by atoms with van der Waals surface area (Å²) in [5.74, 6) is 0.814. The first-order chi connectivity index (χ1) is 11.6. The normalized spacial score (nSPS) is 11.5. The molecule has 130 valence electrons. The summed E-state index contributed by atoms with van der Waals surface area (Å²) in [4.78, 5) is 0. The van der Waals surface area contributed by atoms with Crippen molar-refractivity contribution in [2.24, 2.45) is 7.05 Å². The van der Waals surface area contributed by atoms with Crippen molar-refractivity contribution in [3.05, 3.63) is 45.9 Å². The zero-order valence-corrected chi connectivity index (χ0v) is 15.6. The summed E-state index contributed by atoms with van der Waals surface area (Å²) in [6.07, 6.45) is 3.92. The average molecular weight is 348 g/mol. The van der Waals surface area contributed by atoms with Crippen LogP contribution in [-0.4, -0.2) is 26.1 Å². The van der Waals surface area contributed by atoms with Crippen molar-refractivity contribution in [3.63, 3.8) is 0 Å². The van der Waals surface area contributed by atoms with Crippen molar-refractivity contribution in [3.8, 4) is 5.75 Å². The molecule has 0 bridgehead atoms. The topological polar surface area (TPSA) is 31.6 Å². The van der Waals surface area contributed by atoms with E-state index >= 15 is 0 Å². The number of hydrogen-bond acceptors (Lipinski definition) is 4. The Kier molecular flexibility index (Phi) is 7.43. The van der Waals surface area contributed by atoms with Crippen molar-refractivity contribution in [1.82, 2.24) is 0 Å². The minimum absolute atomic E-state index is 0.318. The average Bonchev–Trinajstić information content (AvgIpc) is 2.91. The van der Waals surface area contributed by atoms with Gasteiger partial charge in [-0.2, -0.15) is 4.57 Å². The molecular weight excluding hydrogens is 322 g/mol. The molecule has 0 aliphatic heterocycles. The van der Waals surface area contributed by atoms with Crippen molar-refractivity contribution >= 4 is 23.5 Å². The fraction of sp³-hybridized carbons (Fsp3) is 0.421. The van der Waals surface area contributed by atoms with Gasteiger partial charge in [-0.3, -0.25) is 0 Å². The molecule has 0 amide bonds. The maximum absolute atomic E-state index is 5.74. The van der Waals surface area contributed by atoms with E-state index < -0.39 is 0 Å². The number of benzene rings is 1. The Morgan fingerprint density at radius 1 is 1.08 bits per heavy atom. The Bertz CT molecular complexity index is 643. The summed E-state index contributed by atoms with van der Waals surface area (Å²) < 4.78 is 18.9. The predicted octanol–water partition coefficient (Wildman–Crippen LogP) is 3.83. The second kappa shape index (κ2) is 9.57. The van der Waals surface area contributed by atoms with Crippen LogP contribution < -0.4 is 9.30 Å². The molecular formula is C19H26NO3S+. The van der Waals surface area contributed by atoms with Crippen LogP contribution >= 0.6 is 11.3 Å². The molecule has 0 atom stereocenters. The molecule has 24 heavy (non-hydrogen) atoms. The highest BCUT2D eigenvalue weighted by atomic mass is 32.1. The molecule has 0 spiro atoms. The van der Waals surface area contributed by atoms with Gasteiger partial charge in [0.15, 0.2) is 12.0 Å². The molecule has 0 N–H and O–H groups in total. The van der Waals surface area contributed by atoms with E-state index in [1.807, 2.05) is 38.1 Å². The van der Waals surface area contributed by atoms with Gasteiger partial charge < -0.3 is 14.2 Å². The quantitative estimate of drug-likeness (QED) is 0.510. The second-order valence-corrected chi connectivity index (χ2v) is 6.22. The van der Waals surface area contributed by atoms with Crippen LogP contribution in [0.4, 0.5) is 0 Å². The lowest BCUT2D eigenvalue weighted by Gasteiger charge is -2.17. The summed E-state index contributed by atoms with van der Waals surface area (Å²) >= 11 is 1.74. The third-order valence-electron chi connectivity index (χ3n) is 3.60. The van der Waals surface area contributed by atoms with Crippen LogP contribution in [0.5, 0.6) is 5.75 Å². The van der Waals surface area contributed by atoms with Gasteiger partial charge in [0.05, 0.1) is 5.38 Å². The van der Waals surface area contributed by atoms with Crippen molar-refractivity contribution in [2.45, 2.75) is 27.1 Å². The minimum atomic E-state index is -0.318. The molecule has 1 aromatic carbocycles. The van der Waals surface area contributed by atoms with Gasteiger partial charge in [0.25, 0.3) is 5.01 Å². The van der Waals surface area contributed by atoms with E-state index in [1.165, 1.54) is 10.7 Å². The van der Waals surface area contributed by atoms with E-state index in [0.717, 1.165) is 11.3 Å². The van der Waals surface area contributed by atoms with Gasteiger partial charge in [-0.25, -0.2) is 0 Å². The Morgan fingerprint density at radius 3 is 2.29 bits per heavy atom. The summed E-state index contributed by atoms with van der Waals surface area (Å²) in [6.45, 7) is 7.61. The largest absolute Gasteiger partial charge is 0.488 e. The molecule has 0 aliphatic carbocycles. The summed E-state index contributed by atoms with van der Waals surface area (Å²) in [5.41, 5.74) is 2.40. The first kappa shape index (κ1) is 18.6. The van der Waals surface area contributed by atoms with Gasteiger partial charge in [0.2, 0.25) is 0 Å². The van der Waals surface area contributed by atoms with E-state index in [2.05, 4.69) is 36.1 Å². The lowest BCUT2D eigenvalue weighted by molar-refractivity contribution is -0.674. The molecule has 0 saturated carbocycles. The molecule has 2 rings (SSSR count). The lowest BCUT2D eigenvalue weighted by Crippen LogP contribution is -2.31. The molecule has 1 heterocycles. The third-order valence-corrected chi connectivity index (χ3v) is 4.71. The zero-order chi connectivity index (χ0) is 17.4. The number of hydrogen-bond donors (Lipinski definition) is 0. The number of rotatable bonds is 9. The number of ether oxygens (including phenoxy) is 3. The summed E-state index contributed by atoms with van der Waals surface area (Å²) in [6, 6.07) is 8.02. The molecule has 4 nitrogen and oxygen atoms in total. The summed E-state index contributed by atoms with van der Waals surface area (Å²) in [5, 5.41) is 3.38. The Balaban J connectivity index is 1.91. The Labute approximate surface area is 148 Å². The minimum Gasteiger partial charge on any atom is -0.488 e. The van der Waals surface area contributed by atoms with E-state index in [1.54, 1.807) is 11.3 Å². The van der Waals surface area contributed by atoms with Gasteiger partial charge >= 0.3 is 0 Å². The highest BCUT2D eigenvalue weighted by Crippen LogP contribution is 2.16. The van der Waals surface area contributed by atoms with Crippen LogP contribution in [0.1, 0.15) is 30.1 Å². The fourth-order valence-corrected chi connectivity index (χ4v) is 3.05. The molecule has 0 saturated heterocycles. The number of thiazole rings is 1. The molecule has 0 radical (unpaired) electrons.